The van der Waals surface area contributed by atoms with Crippen molar-refractivity contribution in [1.82, 2.24) is 0 Å². The van der Waals surface area contributed by atoms with Crippen LogP contribution in [0.1, 0.15) is 23.4 Å². The second-order valence-corrected chi connectivity index (χ2v) is 5.04. The van der Waals surface area contributed by atoms with Gasteiger partial charge in [-0.2, -0.15) is 0 Å². The number of rotatable bonds is 4. The number of nitrogens with one attached hydrogen (secondary N) is 1. The minimum Gasteiger partial charge on any atom is -0.497 e. The first-order chi connectivity index (χ1) is 8.20. The van der Waals surface area contributed by atoms with E-state index < -0.39 is 0 Å². The van der Waals surface area contributed by atoms with Crippen molar-refractivity contribution in [2.24, 2.45) is 0 Å². The average Bonchev–Trinajstić information content (AvgIpc) is 2.85. The van der Waals surface area contributed by atoms with E-state index >= 15 is 0 Å². The van der Waals surface area contributed by atoms with E-state index in [1.165, 1.54) is 10.4 Å². The predicted molar refractivity (Wildman–Crippen MR) is 74.1 cm³/mol. The van der Waals surface area contributed by atoms with Crippen molar-refractivity contribution in [1.29, 1.82) is 0 Å². The van der Waals surface area contributed by atoms with Gasteiger partial charge in [0.25, 0.3) is 0 Å². The first-order valence-corrected chi connectivity index (χ1v) is 6.53. The van der Waals surface area contributed by atoms with Crippen molar-refractivity contribution >= 4 is 17.0 Å². The van der Waals surface area contributed by atoms with Gasteiger partial charge in [-0.25, -0.2) is 0 Å². The largest absolute Gasteiger partial charge is 0.497 e. The first kappa shape index (κ1) is 12.0. The summed E-state index contributed by atoms with van der Waals surface area (Å²) in [7, 11) is 1.69. The Labute approximate surface area is 106 Å². The number of benzene rings is 1. The smallest absolute Gasteiger partial charge is 0.120 e. The molecule has 2 aromatic rings. The lowest BCUT2D eigenvalue weighted by Gasteiger charge is -2.16. The van der Waals surface area contributed by atoms with Gasteiger partial charge in [0.1, 0.15) is 5.75 Å². The van der Waals surface area contributed by atoms with Crippen LogP contribution in [0.5, 0.6) is 5.75 Å². The van der Waals surface area contributed by atoms with E-state index in [1.54, 1.807) is 18.4 Å². The minimum absolute atomic E-state index is 0.320. The molecule has 0 aliphatic carbocycles. The maximum absolute atomic E-state index is 5.24. The molecule has 0 saturated carbocycles. The fourth-order valence-corrected chi connectivity index (χ4v) is 2.46. The zero-order valence-corrected chi connectivity index (χ0v) is 11.2. The summed E-state index contributed by atoms with van der Waals surface area (Å²) in [5.41, 5.74) is 2.36. The summed E-state index contributed by atoms with van der Waals surface area (Å²) >= 11 is 1.77. The van der Waals surface area contributed by atoms with E-state index in [0.29, 0.717) is 6.04 Å². The van der Waals surface area contributed by atoms with E-state index in [0.717, 1.165) is 11.4 Å². The number of methoxy groups -OCH3 is 1. The first-order valence-electron chi connectivity index (χ1n) is 5.65. The van der Waals surface area contributed by atoms with E-state index in [4.69, 9.17) is 4.74 Å². The van der Waals surface area contributed by atoms with Crippen LogP contribution in [0.4, 0.5) is 5.69 Å². The average molecular weight is 247 g/mol. The Morgan fingerprint density at radius 2 is 2.12 bits per heavy atom. The molecule has 0 saturated heterocycles. The van der Waals surface area contributed by atoms with Crippen LogP contribution in [0.3, 0.4) is 0 Å². The maximum Gasteiger partial charge on any atom is 0.120 e. The Kier molecular flexibility index (Phi) is 3.69. The van der Waals surface area contributed by atoms with Gasteiger partial charge in [0, 0.05) is 16.6 Å². The van der Waals surface area contributed by atoms with Crippen molar-refractivity contribution in [3.05, 3.63) is 46.2 Å². The van der Waals surface area contributed by atoms with Gasteiger partial charge in [0.15, 0.2) is 0 Å². The molecule has 1 atom stereocenters. The summed E-state index contributed by atoms with van der Waals surface area (Å²) in [5, 5.41) is 5.62. The summed E-state index contributed by atoms with van der Waals surface area (Å²) < 4.78 is 5.24. The molecule has 1 N–H and O–H groups in total. The second kappa shape index (κ2) is 5.23. The predicted octanol–water partition coefficient (Wildman–Crippen LogP) is 4.24. The molecule has 0 fully saturated rings. The number of hydrogen-bond donors (Lipinski definition) is 1. The van der Waals surface area contributed by atoms with Gasteiger partial charge in [-0.3, -0.25) is 0 Å². The molecule has 1 aromatic carbocycles. The number of ether oxygens (including phenoxy) is 1. The van der Waals surface area contributed by atoms with E-state index in [-0.39, 0.29) is 0 Å². The molecule has 0 bridgehead atoms. The highest BCUT2D eigenvalue weighted by Crippen LogP contribution is 2.27. The topological polar surface area (TPSA) is 21.3 Å². The molecule has 1 unspecified atom stereocenters. The van der Waals surface area contributed by atoms with Crippen LogP contribution in [0.15, 0.2) is 35.7 Å². The third-order valence-electron chi connectivity index (χ3n) is 2.79. The molecule has 2 rings (SSSR count). The van der Waals surface area contributed by atoms with Crippen LogP contribution in [-0.4, -0.2) is 7.11 Å². The van der Waals surface area contributed by atoms with Gasteiger partial charge in [-0.15, -0.1) is 11.3 Å². The highest BCUT2D eigenvalue weighted by Gasteiger charge is 2.08. The SMILES string of the molecule is COc1ccc(C)c(NC(C)c2cccs2)c1. The molecule has 1 heterocycles. The Bertz CT molecular complexity index is 479. The van der Waals surface area contributed by atoms with E-state index in [1.807, 2.05) is 12.1 Å². The van der Waals surface area contributed by atoms with Gasteiger partial charge in [0.05, 0.1) is 13.2 Å². The normalized spacial score (nSPS) is 12.2. The molecular formula is C14H17NOS. The lowest BCUT2D eigenvalue weighted by atomic mass is 10.1. The molecule has 0 radical (unpaired) electrons. The molecule has 0 spiro atoms. The van der Waals surface area contributed by atoms with Gasteiger partial charge in [0.2, 0.25) is 0 Å². The zero-order valence-electron chi connectivity index (χ0n) is 10.4. The molecule has 0 aliphatic heterocycles. The molecular weight excluding hydrogens is 230 g/mol. The van der Waals surface area contributed by atoms with Crippen LogP contribution < -0.4 is 10.1 Å². The third-order valence-corrected chi connectivity index (χ3v) is 3.84. The van der Waals surface area contributed by atoms with Crippen LogP contribution >= 0.6 is 11.3 Å². The molecule has 3 heteroatoms. The Morgan fingerprint density at radius 1 is 1.29 bits per heavy atom. The van der Waals surface area contributed by atoms with Gasteiger partial charge >= 0.3 is 0 Å². The van der Waals surface area contributed by atoms with Crippen molar-refractivity contribution in [2.45, 2.75) is 19.9 Å². The highest BCUT2D eigenvalue weighted by molar-refractivity contribution is 7.10. The zero-order chi connectivity index (χ0) is 12.3. The quantitative estimate of drug-likeness (QED) is 0.872. The van der Waals surface area contributed by atoms with Gasteiger partial charge in [-0.1, -0.05) is 12.1 Å². The molecule has 17 heavy (non-hydrogen) atoms. The highest BCUT2D eigenvalue weighted by atomic mass is 32.1. The lowest BCUT2D eigenvalue weighted by Crippen LogP contribution is -2.06. The Balaban J connectivity index is 2.18. The number of aryl methyl sites for hydroxylation is 1. The molecule has 90 valence electrons. The van der Waals surface area contributed by atoms with Crippen LogP contribution in [0.2, 0.25) is 0 Å². The van der Waals surface area contributed by atoms with Crippen molar-refractivity contribution in [2.75, 3.05) is 12.4 Å². The molecule has 2 nitrogen and oxygen atoms in total. The summed E-state index contributed by atoms with van der Waals surface area (Å²) in [5.74, 6) is 0.886. The number of thiophene rings is 1. The monoisotopic (exact) mass is 247 g/mol. The summed E-state index contributed by atoms with van der Waals surface area (Å²) in [4.78, 5) is 1.34. The van der Waals surface area contributed by atoms with Gasteiger partial charge < -0.3 is 10.1 Å². The third kappa shape index (κ3) is 2.80. The molecule has 0 aliphatic rings. The summed E-state index contributed by atoms with van der Waals surface area (Å²) in [6, 6.07) is 10.6. The van der Waals surface area contributed by atoms with Crippen LogP contribution in [0, 0.1) is 6.92 Å². The van der Waals surface area contributed by atoms with Crippen molar-refractivity contribution < 1.29 is 4.74 Å². The Hall–Kier alpha value is -1.48. The van der Waals surface area contributed by atoms with Crippen LogP contribution in [0.25, 0.3) is 0 Å². The van der Waals surface area contributed by atoms with E-state index in [9.17, 15) is 0 Å². The lowest BCUT2D eigenvalue weighted by molar-refractivity contribution is 0.415. The number of anilines is 1. The van der Waals surface area contributed by atoms with E-state index in [2.05, 4.69) is 42.7 Å². The van der Waals surface area contributed by atoms with Gasteiger partial charge in [-0.05, 0) is 36.9 Å². The van der Waals surface area contributed by atoms with Crippen molar-refractivity contribution in [3.8, 4) is 5.75 Å². The summed E-state index contributed by atoms with van der Waals surface area (Å²) in [6.07, 6.45) is 0. The number of hydrogen-bond acceptors (Lipinski definition) is 3. The fraction of sp³-hybridized carbons (Fsp3) is 0.286. The standard InChI is InChI=1S/C14H17NOS/c1-10-6-7-12(16-3)9-13(10)15-11(2)14-5-4-8-17-14/h4-9,11,15H,1-3H3. The minimum atomic E-state index is 0.320. The maximum atomic E-state index is 5.24. The molecule has 0 amide bonds. The van der Waals surface area contributed by atoms with Crippen LogP contribution in [-0.2, 0) is 0 Å². The Morgan fingerprint density at radius 3 is 2.76 bits per heavy atom. The second-order valence-electron chi connectivity index (χ2n) is 4.06. The fourth-order valence-electron chi connectivity index (χ4n) is 1.73. The molecule has 1 aromatic heterocycles. The summed E-state index contributed by atoms with van der Waals surface area (Å²) in [6.45, 7) is 4.27. The van der Waals surface area contributed by atoms with Crippen molar-refractivity contribution in [3.63, 3.8) is 0 Å².